The molecule has 1 saturated heterocycles. The van der Waals surface area contributed by atoms with Gasteiger partial charge in [-0.25, -0.2) is 5.01 Å². The molecule has 7 heteroatoms. The van der Waals surface area contributed by atoms with E-state index in [4.69, 9.17) is 18.0 Å². The van der Waals surface area contributed by atoms with E-state index < -0.39 is 0 Å². The number of thiocarbonyl (C=S) groups is 1. The fourth-order valence-corrected chi connectivity index (χ4v) is 2.39. The molecule has 0 unspecified atom stereocenters. The van der Waals surface area contributed by atoms with Crippen LogP contribution in [0.2, 0.25) is 0 Å². The molecule has 1 aliphatic heterocycles. The number of hydrogen-bond donors (Lipinski definition) is 2. The van der Waals surface area contributed by atoms with Crippen LogP contribution < -0.4 is 11.2 Å². The first kappa shape index (κ1) is 13.3. The van der Waals surface area contributed by atoms with Crippen LogP contribution in [0.3, 0.4) is 0 Å². The van der Waals surface area contributed by atoms with Crippen molar-refractivity contribution in [2.24, 2.45) is 12.8 Å². The molecule has 1 aromatic heterocycles. The van der Waals surface area contributed by atoms with E-state index in [1.165, 1.54) is 0 Å². The minimum Gasteiger partial charge on any atom is -0.389 e. The highest BCUT2D eigenvalue weighted by Gasteiger charge is 2.20. The number of piperazine rings is 1. The lowest BCUT2D eigenvalue weighted by Crippen LogP contribution is -2.47. The summed E-state index contributed by atoms with van der Waals surface area (Å²) < 4.78 is 1.79. The molecule has 0 radical (unpaired) electrons. The van der Waals surface area contributed by atoms with Crippen LogP contribution in [0, 0.1) is 6.92 Å². The average molecular weight is 268 g/mol. The molecule has 0 aliphatic carbocycles. The minimum absolute atomic E-state index is 0.386. The van der Waals surface area contributed by atoms with Gasteiger partial charge in [0.2, 0.25) is 0 Å². The standard InChI is InChI=1S/C11H20N6S/c1-8-9(10(12)18)11(16(3)13-8)14-17-6-4-15(2)5-7-17/h14H,4-7H2,1-3H3,(H2,12,18). The third-order valence-electron chi connectivity index (χ3n) is 3.24. The molecular formula is C11H20N6S. The third-order valence-corrected chi connectivity index (χ3v) is 3.44. The highest BCUT2D eigenvalue weighted by atomic mass is 32.1. The van der Waals surface area contributed by atoms with Gasteiger partial charge in [-0.15, -0.1) is 0 Å². The Balaban J connectivity index is 2.16. The topological polar surface area (TPSA) is 62.4 Å². The van der Waals surface area contributed by atoms with Gasteiger partial charge < -0.3 is 16.1 Å². The van der Waals surface area contributed by atoms with E-state index >= 15 is 0 Å². The lowest BCUT2D eigenvalue weighted by Gasteiger charge is -2.33. The normalized spacial score (nSPS) is 17.9. The first-order chi connectivity index (χ1) is 8.49. The predicted octanol–water partition coefficient (Wildman–Crippen LogP) is -0.0630. The van der Waals surface area contributed by atoms with Gasteiger partial charge in [0.05, 0.1) is 11.3 Å². The summed E-state index contributed by atoms with van der Waals surface area (Å²) in [5.74, 6) is 0.879. The van der Waals surface area contributed by atoms with Crippen LogP contribution in [0.4, 0.5) is 5.82 Å². The molecule has 0 saturated carbocycles. The first-order valence-corrected chi connectivity index (χ1v) is 6.43. The zero-order valence-corrected chi connectivity index (χ0v) is 11.9. The van der Waals surface area contributed by atoms with Gasteiger partial charge in [0.1, 0.15) is 10.8 Å². The zero-order chi connectivity index (χ0) is 13.3. The van der Waals surface area contributed by atoms with Crippen molar-refractivity contribution in [2.75, 3.05) is 38.7 Å². The monoisotopic (exact) mass is 268 g/mol. The number of nitrogens with zero attached hydrogens (tertiary/aromatic N) is 4. The Bertz CT molecular complexity index is 447. The van der Waals surface area contributed by atoms with Gasteiger partial charge in [-0.1, -0.05) is 12.2 Å². The Morgan fingerprint density at radius 2 is 1.89 bits per heavy atom. The van der Waals surface area contributed by atoms with Crippen molar-refractivity contribution < 1.29 is 0 Å². The van der Waals surface area contributed by atoms with E-state index in [0.717, 1.165) is 43.3 Å². The third kappa shape index (κ3) is 2.63. The van der Waals surface area contributed by atoms with Gasteiger partial charge in [-0.2, -0.15) is 5.10 Å². The minimum atomic E-state index is 0.386. The summed E-state index contributed by atoms with van der Waals surface area (Å²) >= 11 is 5.09. The molecule has 1 aromatic rings. The molecule has 0 aromatic carbocycles. The van der Waals surface area contributed by atoms with E-state index in [0.29, 0.717) is 4.99 Å². The van der Waals surface area contributed by atoms with Crippen LogP contribution in [0.5, 0.6) is 0 Å². The molecule has 0 spiro atoms. The first-order valence-electron chi connectivity index (χ1n) is 6.02. The van der Waals surface area contributed by atoms with Crippen molar-refractivity contribution in [1.82, 2.24) is 19.7 Å². The van der Waals surface area contributed by atoms with Crippen molar-refractivity contribution in [1.29, 1.82) is 0 Å². The maximum Gasteiger partial charge on any atom is 0.149 e. The van der Waals surface area contributed by atoms with E-state index in [2.05, 4.69) is 27.5 Å². The Morgan fingerprint density at radius 1 is 1.28 bits per heavy atom. The largest absolute Gasteiger partial charge is 0.389 e. The average Bonchev–Trinajstić information content (AvgIpc) is 2.57. The highest BCUT2D eigenvalue weighted by molar-refractivity contribution is 7.80. The van der Waals surface area contributed by atoms with Crippen molar-refractivity contribution >= 4 is 23.0 Å². The summed E-state index contributed by atoms with van der Waals surface area (Å²) in [7, 11) is 4.03. The summed E-state index contributed by atoms with van der Waals surface area (Å²) in [6.45, 7) is 5.96. The van der Waals surface area contributed by atoms with Crippen LogP contribution in [0.1, 0.15) is 11.3 Å². The summed E-state index contributed by atoms with van der Waals surface area (Å²) in [5.41, 5.74) is 10.8. The van der Waals surface area contributed by atoms with Crippen molar-refractivity contribution in [3.05, 3.63) is 11.3 Å². The fraction of sp³-hybridized carbons (Fsp3) is 0.636. The van der Waals surface area contributed by atoms with Gasteiger partial charge in [0.25, 0.3) is 0 Å². The molecular weight excluding hydrogens is 248 g/mol. The van der Waals surface area contributed by atoms with Gasteiger partial charge >= 0.3 is 0 Å². The molecule has 2 rings (SSSR count). The van der Waals surface area contributed by atoms with Crippen molar-refractivity contribution in [3.8, 4) is 0 Å². The number of likely N-dealkylation sites (N-methyl/N-ethyl adjacent to an activating group) is 1. The summed E-state index contributed by atoms with van der Waals surface area (Å²) in [5, 5.41) is 6.54. The number of hydrazine groups is 1. The van der Waals surface area contributed by atoms with Crippen LogP contribution in [0.25, 0.3) is 0 Å². The van der Waals surface area contributed by atoms with E-state index in [9.17, 15) is 0 Å². The van der Waals surface area contributed by atoms with Crippen LogP contribution >= 0.6 is 12.2 Å². The quantitative estimate of drug-likeness (QED) is 0.749. The van der Waals surface area contributed by atoms with Gasteiger partial charge in [-0.05, 0) is 14.0 Å². The Morgan fingerprint density at radius 3 is 2.44 bits per heavy atom. The highest BCUT2D eigenvalue weighted by Crippen LogP contribution is 2.19. The number of aromatic nitrogens is 2. The molecule has 0 amide bonds. The number of nitrogens with one attached hydrogen (secondary N) is 1. The zero-order valence-electron chi connectivity index (χ0n) is 11.1. The number of rotatable bonds is 3. The van der Waals surface area contributed by atoms with Crippen molar-refractivity contribution in [3.63, 3.8) is 0 Å². The second-order valence-electron chi connectivity index (χ2n) is 4.70. The van der Waals surface area contributed by atoms with Crippen LogP contribution in [-0.4, -0.2) is 57.9 Å². The van der Waals surface area contributed by atoms with Crippen LogP contribution in [0.15, 0.2) is 0 Å². The SMILES string of the molecule is Cc1nn(C)c(NN2CCN(C)CC2)c1C(N)=S. The molecule has 0 atom stereocenters. The second kappa shape index (κ2) is 5.21. The van der Waals surface area contributed by atoms with E-state index in [1.807, 2.05) is 14.0 Å². The smallest absolute Gasteiger partial charge is 0.149 e. The Hall–Kier alpha value is -1.18. The number of nitrogens with two attached hydrogens (primary N) is 1. The molecule has 1 fully saturated rings. The Labute approximate surface area is 113 Å². The summed E-state index contributed by atoms with van der Waals surface area (Å²) in [6, 6.07) is 0. The molecule has 6 nitrogen and oxygen atoms in total. The maximum atomic E-state index is 5.77. The van der Waals surface area contributed by atoms with Crippen molar-refractivity contribution in [2.45, 2.75) is 6.92 Å². The lowest BCUT2D eigenvalue weighted by molar-refractivity contribution is 0.178. The molecule has 1 aliphatic rings. The number of aryl methyl sites for hydroxylation is 2. The summed E-state index contributed by atoms with van der Waals surface area (Å²) in [4.78, 5) is 2.69. The van der Waals surface area contributed by atoms with Gasteiger partial charge in [0.15, 0.2) is 0 Å². The molecule has 100 valence electrons. The Kier molecular flexibility index (Phi) is 3.84. The molecule has 18 heavy (non-hydrogen) atoms. The van der Waals surface area contributed by atoms with E-state index in [-0.39, 0.29) is 0 Å². The fourth-order valence-electron chi connectivity index (χ4n) is 2.15. The van der Waals surface area contributed by atoms with Crippen LogP contribution in [-0.2, 0) is 7.05 Å². The second-order valence-corrected chi connectivity index (χ2v) is 5.14. The van der Waals surface area contributed by atoms with E-state index in [1.54, 1.807) is 4.68 Å². The molecule has 3 N–H and O–H groups in total. The number of anilines is 1. The molecule has 2 heterocycles. The maximum absolute atomic E-state index is 5.77. The number of hydrogen-bond acceptors (Lipinski definition) is 5. The molecule has 0 bridgehead atoms. The van der Waals surface area contributed by atoms with Gasteiger partial charge in [-0.3, -0.25) is 4.68 Å². The van der Waals surface area contributed by atoms with Gasteiger partial charge in [0, 0.05) is 33.2 Å². The summed E-state index contributed by atoms with van der Waals surface area (Å²) in [6.07, 6.45) is 0. The predicted molar refractivity (Wildman–Crippen MR) is 76.5 cm³/mol. The lowest BCUT2D eigenvalue weighted by atomic mass is 10.2.